The highest BCUT2D eigenvalue weighted by molar-refractivity contribution is 9.10. The van der Waals surface area contributed by atoms with Crippen molar-refractivity contribution in [1.82, 2.24) is 28.7 Å². The van der Waals surface area contributed by atoms with E-state index in [1.165, 1.54) is 13.1 Å². The van der Waals surface area contributed by atoms with E-state index in [-0.39, 0.29) is 21.7 Å². The molecule has 0 radical (unpaired) electrons. The first-order valence-electron chi connectivity index (χ1n) is 22.2. The van der Waals surface area contributed by atoms with Crippen LogP contribution < -0.4 is 34.1 Å². The highest BCUT2D eigenvalue weighted by Crippen LogP contribution is 2.68. The number of halogens is 1. The number of rotatable bonds is 24. The molecule has 61 heteroatoms. The van der Waals surface area contributed by atoms with Crippen molar-refractivity contribution < 1.29 is 184 Å². The Morgan fingerprint density at radius 2 is 0.876 bits per heavy atom. The maximum Gasteiger partial charge on any atom is 0.490 e. The summed E-state index contributed by atoms with van der Waals surface area (Å²) in [5, 5.41) is 60.2. The Bertz CT molecular complexity index is 3740. The van der Waals surface area contributed by atoms with Gasteiger partial charge in [0.1, 0.15) is 72.7 Å². The van der Waals surface area contributed by atoms with Gasteiger partial charge in [-0.3, -0.25) is 32.5 Å². The number of hydrogen-bond acceptors (Lipinski definition) is 35. The second-order valence-electron chi connectivity index (χ2n) is 17.0. The van der Waals surface area contributed by atoms with Crippen LogP contribution in [-0.4, -0.2) is 193 Å². The van der Waals surface area contributed by atoms with Gasteiger partial charge < -0.3 is 120 Å². The van der Waals surface area contributed by atoms with E-state index >= 15 is 0 Å². The smallest absolute Gasteiger partial charge is 0.387 e. The fraction of sp³-hybridized carbons (Fsp3) is 0.571. The highest BCUT2D eigenvalue weighted by atomic mass is 79.9. The van der Waals surface area contributed by atoms with E-state index in [4.69, 9.17) is 69.7 Å². The number of nitrogens with one attached hydrogen (secondary N) is 1. The van der Waals surface area contributed by atoms with Crippen LogP contribution in [0.3, 0.4) is 0 Å². The standard InChI is InChI=1S/C10H17N2O15P3.C9H15BrN3O14P3.C9H16N3O14P3/c1-12-2-4(9(15)11-10(12)16)8-7(14)6(13)5(25-8)3-24-29(20,21)27-30(22,23)26-28(17,18)19;10-3-1-13(9(16)12-7(3)11)8-6(15)5(14)4(25-8)2-24-29(20,21)27-30(22,23)26-28(17,18)19;10-5-1-2-12(9(15)11-5)8-7(14)6(13)4(24-8)3-23-28(19,20)26-29(21,22)25-27(16,17)18/h2,5-8,13-14H,3H2,1H3,(H,20,21)(H,22,23)(H,11,15,16)(H2,17,18,19);1,4-6,8,14-15H,2H2,(H,20,21)(H,22,23)(H2,11,12,16)(H2,17,18,19);1-2,4,6-8,13-14H,3H2,(H,19,20)(H,21,22)(H2,10,11,15)(H2,16,17,18)/t5-,6?,7+,8+;4-,5?,6+,8-;4-,6?,7+,8-/m111/s1. The molecule has 9 unspecified atom stereocenters. The average molecular weight is 1540 g/mol. The van der Waals surface area contributed by atoms with Gasteiger partial charge in [0.15, 0.2) is 12.5 Å². The molecule has 0 aromatic carbocycles. The lowest BCUT2D eigenvalue weighted by molar-refractivity contribution is -0.0542. The highest BCUT2D eigenvalue weighted by Gasteiger charge is 2.50. The number of aliphatic hydroxyl groups is 6. The second kappa shape index (κ2) is 30.0. The number of aromatic amines is 1. The van der Waals surface area contributed by atoms with Gasteiger partial charge >= 0.3 is 87.5 Å². The summed E-state index contributed by atoms with van der Waals surface area (Å²) >= 11 is 3.01. The summed E-state index contributed by atoms with van der Waals surface area (Å²) in [7, 11) is -49.0. The Labute approximate surface area is 497 Å². The number of aryl methyl sites for hydroxylation is 1. The number of aliphatic hydroxyl groups excluding tert-OH is 6. The van der Waals surface area contributed by atoms with Crippen molar-refractivity contribution in [3.8, 4) is 0 Å². The summed E-state index contributed by atoms with van der Waals surface area (Å²) in [4.78, 5) is 162. The molecular formula is C28H48BrN8O43P9. The number of anilines is 2. The Morgan fingerprint density at radius 3 is 1.26 bits per heavy atom. The van der Waals surface area contributed by atoms with Crippen molar-refractivity contribution in [2.75, 3.05) is 31.3 Å². The number of phosphoric acid groups is 9. The molecule has 3 aliphatic rings. The van der Waals surface area contributed by atoms with Gasteiger partial charge in [-0.2, -0.15) is 35.8 Å². The zero-order valence-electron chi connectivity index (χ0n) is 42.9. The quantitative estimate of drug-likeness (QED) is 0.0371. The van der Waals surface area contributed by atoms with Gasteiger partial charge in [-0.1, -0.05) is 0 Å². The van der Waals surface area contributed by atoms with Crippen molar-refractivity contribution in [2.24, 2.45) is 7.05 Å². The summed E-state index contributed by atoms with van der Waals surface area (Å²) in [6.07, 6.45) is -16.4. The van der Waals surface area contributed by atoms with Crippen LogP contribution in [0.2, 0.25) is 0 Å². The lowest BCUT2D eigenvalue weighted by Crippen LogP contribution is -2.36. The molecule has 23 N–H and O–H groups in total. The van der Waals surface area contributed by atoms with Gasteiger partial charge in [0.25, 0.3) is 5.56 Å². The summed E-state index contributed by atoms with van der Waals surface area (Å²) in [5.41, 5.74) is 6.93. The molecular weight excluding hydrogens is 1490 g/mol. The minimum absolute atomic E-state index is 0.122. The van der Waals surface area contributed by atoms with Crippen LogP contribution in [0.1, 0.15) is 24.1 Å². The van der Waals surface area contributed by atoms with E-state index in [9.17, 15) is 106 Å². The molecule has 89 heavy (non-hydrogen) atoms. The van der Waals surface area contributed by atoms with Gasteiger partial charge in [-0.05, 0) is 22.0 Å². The molecule has 0 bridgehead atoms. The summed E-state index contributed by atoms with van der Waals surface area (Å²) in [5.74, 6) is -0.281. The molecule has 510 valence electrons. The first-order valence-corrected chi connectivity index (χ1v) is 36.6. The number of phosphoric ester groups is 3. The fourth-order valence-corrected chi connectivity index (χ4v) is 16.2. The normalized spacial score (nSPS) is 28.9. The third kappa shape index (κ3) is 24.3. The van der Waals surface area contributed by atoms with Gasteiger partial charge in [0.05, 0.1) is 29.9 Å². The van der Waals surface area contributed by atoms with Crippen LogP contribution in [0.25, 0.3) is 0 Å². The third-order valence-electron chi connectivity index (χ3n) is 10.3. The Balaban J connectivity index is 0.000000285. The molecule has 3 saturated heterocycles. The van der Waals surface area contributed by atoms with Crippen molar-refractivity contribution in [3.63, 3.8) is 0 Å². The number of aromatic nitrogens is 6. The van der Waals surface area contributed by atoms with E-state index in [2.05, 4.69) is 65.3 Å². The topological polar surface area (TPSA) is 805 Å². The van der Waals surface area contributed by atoms with E-state index in [1.807, 2.05) is 4.98 Å². The average Bonchev–Trinajstić information content (AvgIpc) is 2.92. The molecule has 0 saturated carbocycles. The molecule has 3 aromatic heterocycles. The predicted molar refractivity (Wildman–Crippen MR) is 277 cm³/mol. The SMILES string of the molecule is Cn1cc([C@@H]2O[C@H](COP(=O)(O)OP(=O)(O)OP(=O)(O)O)C(O)[C@@H]2O)c(=O)[nH]c1=O.Nc1ccn([C@@H]2O[C@H](COP(=O)(O)OP(=O)(O)OP(=O)(O)O)C(O)[C@@H]2O)c(=O)n1.Nc1nc(=O)n([C@@H]2O[C@H](COP(=O)(O)OP(=O)(O)OP(=O)(O)O)C(O)[C@@H]2O)cc1Br. The molecule has 51 nitrogen and oxygen atoms in total. The van der Waals surface area contributed by atoms with Gasteiger partial charge in [-0.25, -0.2) is 55.5 Å². The van der Waals surface area contributed by atoms with Crippen molar-refractivity contribution in [1.29, 1.82) is 0 Å². The monoisotopic (exact) mass is 1540 g/mol. The lowest BCUT2D eigenvalue weighted by Gasteiger charge is -2.19. The molecule has 0 aliphatic carbocycles. The molecule has 18 atom stereocenters. The lowest BCUT2D eigenvalue weighted by atomic mass is 10.0. The largest absolute Gasteiger partial charge is 0.490 e. The molecule has 3 aliphatic heterocycles. The molecule has 0 spiro atoms. The third-order valence-corrected chi connectivity index (χ3v) is 22.3. The fourth-order valence-electron chi connectivity index (χ4n) is 6.80. The van der Waals surface area contributed by atoms with Crippen molar-refractivity contribution in [3.05, 3.63) is 76.5 Å². The number of ether oxygens (including phenoxy) is 3. The van der Waals surface area contributed by atoms with E-state index in [0.717, 1.165) is 32.3 Å². The number of H-pyrrole nitrogens is 1. The number of nitrogens with zero attached hydrogens (tertiary/aromatic N) is 5. The van der Waals surface area contributed by atoms with Crippen LogP contribution in [-0.2, 0) is 102 Å². The maximum atomic E-state index is 11.9. The zero-order chi connectivity index (χ0) is 68.3. The van der Waals surface area contributed by atoms with Crippen LogP contribution >= 0.6 is 86.3 Å². The zero-order valence-corrected chi connectivity index (χ0v) is 52.5. The summed E-state index contributed by atoms with van der Waals surface area (Å²) in [6.45, 7) is -3.09. The van der Waals surface area contributed by atoms with Gasteiger partial charge in [0.2, 0.25) is 0 Å². The Kier molecular flexibility index (Phi) is 26.6. The number of nitrogen functional groups attached to an aromatic ring is 2. The van der Waals surface area contributed by atoms with E-state index in [1.54, 1.807) is 0 Å². The predicted octanol–water partition coefficient (Wildman–Crippen LogP) is -6.08. The van der Waals surface area contributed by atoms with Crippen LogP contribution in [0.5, 0.6) is 0 Å². The Morgan fingerprint density at radius 1 is 0.517 bits per heavy atom. The van der Waals surface area contributed by atoms with Gasteiger partial charge in [0, 0.05) is 25.6 Å². The van der Waals surface area contributed by atoms with Gasteiger partial charge in [-0.15, -0.1) is 0 Å². The van der Waals surface area contributed by atoms with E-state index < -0.39 is 186 Å². The maximum absolute atomic E-state index is 11.9. The molecule has 6 rings (SSSR count). The van der Waals surface area contributed by atoms with Crippen molar-refractivity contribution in [2.45, 2.75) is 73.5 Å². The second-order valence-corrected chi connectivity index (χ2v) is 31.1. The molecule has 3 aromatic rings. The first kappa shape index (κ1) is 78.8. The van der Waals surface area contributed by atoms with Crippen LogP contribution in [0.4, 0.5) is 11.6 Å². The first-order chi connectivity index (χ1) is 40.1. The summed E-state index contributed by atoms with van der Waals surface area (Å²) in [6, 6.07) is 1.20. The molecule has 3 fully saturated rings. The number of hydrogen-bond donors (Lipinski definition) is 21. The summed E-state index contributed by atoms with van der Waals surface area (Å²) < 4.78 is 153. The molecule has 0 amide bonds. The van der Waals surface area contributed by atoms with Crippen molar-refractivity contribution >= 4 is 98.0 Å². The minimum atomic E-state index is -5.73. The Hall–Kier alpha value is -2.61. The van der Waals surface area contributed by atoms with Crippen LogP contribution in [0, 0.1) is 0 Å². The van der Waals surface area contributed by atoms with E-state index in [0.29, 0.717) is 0 Å². The number of nitrogens with two attached hydrogens (primary N) is 2. The van der Waals surface area contributed by atoms with Crippen LogP contribution in [0.15, 0.2) is 48.3 Å². The molecule has 6 heterocycles. The minimum Gasteiger partial charge on any atom is -0.387 e.